The Bertz CT molecular complexity index is 831. The van der Waals surface area contributed by atoms with Gasteiger partial charge in [-0.1, -0.05) is 23.7 Å². The number of ether oxygens (including phenoxy) is 1. The number of rotatable bonds is 2. The second-order valence-corrected chi connectivity index (χ2v) is 4.96. The maximum absolute atomic E-state index is 13.2. The fourth-order valence-corrected chi connectivity index (χ4v) is 2.11. The first-order valence-electron chi connectivity index (χ1n) is 6.26. The summed E-state index contributed by atoms with van der Waals surface area (Å²) in [7, 11) is 0. The SMILES string of the molecule is O=C1OC(c2ccc(F)c(F)c2)=N/C1=C/c1cccc(Cl)c1. The summed E-state index contributed by atoms with van der Waals surface area (Å²) in [5.41, 5.74) is 0.915. The van der Waals surface area contributed by atoms with Crippen molar-refractivity contribution in [1.82, 2.24) is 0 Å². The first-order valence-corrected chi connectivity index (χ1v) is 6.64. The molecule has 0 aliphatic carbocycles. The fourth-order valence-electron chi connectivity index (χ4n) is 1.92. The second-order valence-electron chi connectivity index (χ2n) is 4.52. The summed E-state index contributed by atoms with van der Waals surface area (Å²) in [6, 6.07) is 9.99. The Morgan fingerprint density at radius 3 is 2.64 bits per heavy atom. The van der Waals surface area contributed by atoms with Gasteiger partial charge in [0.2, 0.25) is 5.90 Å². The number of nitrogens with zero attached hydrogens (tertiary/aromatic N) is 1. The van der Waals surface area contributed by atoms with E-state index in [4.69, 9.17) is 16.3 Å². The van der Waals surface area contributed by atoms with E-state index in [9.17, 15) is 13.6 Å². The molecule has 0 N–H and O–H groups in total. The van der Waals surface area contributed by atoms with Crippen LogP contribution in [-0.2, 0) is 9.53 Å². The molecule has 3 rings (SSSR count). The van der Waals surface area contributed by atoms with Crippen molar-refractivity contribution in [2.75, 3.05) is 0 Å². The lowest BCUT2D eigenvalue weighted by Crippen LogP contribution is -2.06. The van der Waals surface area contributed by atoms with Crippen LogP contribution in [0, 0.1) is 11.6 Å². The zero-order chi connectivity index (χ0) is 15.7. The Morgan fingerprint density at radius 1 is 1.09 bits per heavy atom. The number of carbonyl (C=O) groups excluding carboxylic acids is 1. The summed E-state index contributed by atoms with van der Waals surface area (Å²) in [4.78, 5) is 15.8. The third-order valence-corrected chi connectivity index (χ3v) is 3.17. The van der Waals surface area contributed by atoms with Gasteiger partial charge >= 0.3 is 5.97 Å². The average Bonchev–Trinajstić information content (AvgIpc) is 2.83. The van der Waals surface area contributed by atoms with Gasteiger partial charge in [0.15, 0.2) is 17.3 Å². The van der Waals surface area contributed by atoms with Crippen LogP contribution >= 0.6 is 11.6 Å². The Labute approximate surface area is 129 Å². The number of cyclic esters (lactones) is 1. The van der Waals surface area contributed by atoms with Gasteiger partial charge in [0.25, 0.3) is 0 Å². The molecule has 0 atom stereocenters. The summed E-state index contributed by atoms with van der Waals surface area (Å²) < 4.78 is 31.1. The lowest BCUT2D eigenvalue weighted by atomic mass is 10.2. The molecule has 22 heavy (non-hydrogen) atoms. The van der Waals surface area contributed by atoms with E-state index >= 15 is 0 Å². The standard InChI is InChI=1S/C16H8ClF2NO2/c17-11-3-1-2-9(6-11)7-14-16(21)22-15(20-14)10-4-5-12(18)13(19)8-10/h1-8H/b14-7+. The van der Waals surface area contributed by atoms with Crippen LogP contribution in [0.1, 0.15) is 11.1 Å². The van der Waals surface area contributed by atoms with Gasteiger partial charge in [0.1, 0.15) is 0 Å². The van der Waals surface area contributed by atoms with Gasteiger partial charge in [0, 0.05) is 10.6 Å². The molecule has 0 fully saturated rings. The van der Waals surface area contributed by atoms with Crippen LogP contribution in [-0.4, -0.2) is 11.9 Å². The van der Waals surface area contributed by atoms with Gasteiger partial charge in [-0.05, 0) is 42.0 Å². The molecule has 1 aliphatic rings. The lowest BCUT2D eigenvalue weighted by Gasteiger charge is -1.99. The molecular weight excluding hydrogens is 312 g/mol. The van der Waals surface area contributed by atoms with Crippen LogP contribution in [0.2, 0.25) is 5.02 Å². The van der Waals surface area contributed by atoms with Crippen molar-refractivity contribution in [3.8, 4) is 0 Å². The van der Waals surface area contributed by atoms with Crippen LogP contribution in [0.3, 0.4) is 0 Å². The lowest BCUT2D eigenvalue weighted by molar-refractivity contribution is -0.129. The van der Waals surface area contributed by atoms with Crippen LogP contribution in [0.25, 0.3) is 6.08 Å². The predicted molar refractivity (Wildman–Crippen MR) is 78.4 cm³/mol. The Hall–Kier alpha value is -2.53. The van der Waals surface area contributed by atoms with Crippen molar-refractivity contribution in [2.24, 2.45) is 4.99 Å². The minimum atomic E-state index is -1.04. The summed E-state index contributed by atoms with van der Waals surface area (Å²) in [6.45, 7) is 0. The number of aliphatic imine (C=N–C) groups is 1. The van der Waals surface area contributed by atoms with E-state index in [-0.39, 0.29) is 17.2 Å². The third kappa shape index (κ3) is 2.89. The Balaban J connectivity index is 1.96. The van der Waals surface area contributed by atoms with Crippen LogP contribution in [0.5, 0.6) is 0 Å². The summed E-state index contributed by atoms with van der Waals surface area (Å²) in [5, 5.41) is 0.519. The molecule has 2 aromatic rings. The highest BCUT2D eigenvalue weighted by Crippen LogP contribution is 2.21. The molecule has 1 heterocycles. The van der Waals surface area contributed by atoms with Crippen LogP contribution in [0.4, 0.5) is 8.78 Å². The Kier molecular flexibility index (Phi) is 3.73. The molecule has 0 aromatic heterocycles. The highest BCUT2D eigenvalue weighted by atomic mass is 35.5. The molecule has 0 spiro atoms. The van der Waals surface area contributed by atoms with Gasteiger partial charge in [-0.2, -0.15) is 0 Å². The maximum Gasteiger partial charge on any atom is 0.363 e. The normalized spacial score (nSPS) is 15.9. The summed E-state index contributed by atoms with van der Waals surface area (Å²) >= 11 is 5.87. The molecular formula is C16H8ClF2NO2. The first kappa shape index (κ1) is 14.4. The number of hydrogen-bond donors (Lipinski definition) is 0. The second kappa shape index (κ2) is 5.69. The van der Waals surface area contributed by atoms with E-state index in [1.165, 1.54) is 12.1 Å². The molecule has 0 amide bonds. The molecule has 6 heteroatoms. The third-order valence-electron chi connectivity index (χ3n) is 2.94. The van der Waals surface area contributed by atoms with Crippen molar-refractivity contribution >= 4 is 29.5 Å². The molecule has 0 bridgehead atoms. The predicted octanol–water partition coefficient (Wildman–Crippen LogP) is 3.96. The molecule has 2 aromatic carbocycles. The fraction of sp³-hybridized carbons (Fsp3) is 0. The van der Waals surface area contributed by atoms with Gasteiger partial charge in [-0.3, -0.25) is 0 Å². The van der Waals surface area contributed by atoms with Crippen molar-refractivity contribution in [1.29, 1.82) is 0 Å². The Morgan fingerprint density at radius 2 is 1.91 bits per heavy atom. The molecule has 110 valence electrons. The molecule has 3 nitrogen and oxygen atoms in total. The minimum absolute atomic E-state index is 0.0574. The van der Waals surface area contributed by atoms with Crippen molar-refractivity contribution in [3.63, 3.8) is 0 Å². The number of hydrogen-bond acceptors (Lipinski definition) is 3. The van der Waals surface area contributed by atoms with Crippen LogP contribution < -0.4 is 0 Å². The van der Waals surface area contributed by atoms with Crippen molar-refractivity contribution in [2.45, 2.75) is 0 Å². The van der Waals surface area contributed by atoms with Gasteiger partial charge in [-0.15, -0.1) is 0 Å². The van der Waals surface area contributed by atoms with E-state index in [0.717, 1.165) is 12.1 Å². The molecule has 0 saturated carbocycles. The smallest absolute Gasteiger partial charge is 0.363 e. The van der Waals surface area contributed by atoms with Crippen LogP contribution in [0.15, 0.2) is 53.2 Å². The quantitative estimate of drug-likeness (QED) is 0.620. The van der Waals surface area contributed by atoms with E-state index in [1.807, 2.05) is 0 Å². The molecule has 0 unspecified atom stereocenters. The van der Waals surface area contributed by atoms with E-state index < -0.39 is 17.6 Å². The van der Waals surface area contributed by atoms with Gasteiger partial charge in [0.05, 0.1) is 0 Å². The summed E-state index contributed by atoms with van der Waals surface area (Å²) in [6.07, 6.45) is 1.50. The topological polar surface area (TPSA) is 38.7 Å². The van der Waals surface area contributed by atoms with E-state index in [0.29, 0.717) is 10.6 Å². The molecule has 0 radical (unpaired) electrons. The maximum atomic E-state index is 13.2. The number of carbonyl (C=O) groups is 1. The summed E-state index contributed by atoms with van der Waals surface area (Å²) in [5.74, 6) is -2.76. The largest absolute Gasteiger partial charge is 0.402 e. The van der Waals surface area contributed by atoms with Crippen molar-refractivity contribution < 1.29 is 18.3 Å². The zero-order valence-electron chi connectivity index (χ0n) is 11.0. The van der Waals surface area contributed by atoms with Gasteiger partial charge in [-0.25, -0.2) is 18.6 Å². The first-order chi connectivity index (χ1) is 10.5. The monoisotopic (exact) mass is 319 g/mol. The van der Waals surface area contributed by atoms with Crippen molar-refractivity contribution in [3.05, 3.63) is 75.9 Å². The highest BCUT2D eigenvalue weighted by molar-refractivity contribution is 6.30. The van der Waals surface area contributed by atoms with E-state index in [2.05, 4.69) is 4.99 Å². The van der Waals surface area contributed by atoms with Gasteiger partial charge < -0.3 is 4.74 Å². The highest BCUT2D eigenvalue weighted by Gasteiger charge is 2.24. The minimum Gasteiger partial charge on any atom is -0.402 e. The number of esters is 1. The van der Waals surface area contributed by atoms with E-state index in [1.54, 1.807) is 24.3 Å². The molecule has 1 aliphatic heterocycles. The number of benzene rings is 2. The average molecular weight is 320 g/mol. The molecule has 0 saturated heterocycles. The zero-order valence-corrected chi connectivity index (χ0v) is 11.8. The number of halogens is 3.